The van der Waals surface area contributed by atoms with Crippen molar-refractivity contribution in [2.24, 2.45) is 0 Å². The topological polar surface area (TPSA) is 66.4 Å². The van der Waals surface area contributed by atoms with Crippen LogP contribution in [0, 0.1) is 0 Å². The standard InChI is InChI=1S/C7H13NO3S.Mg.2H/c1-5(9)8-6(7(10)11)3-4-12-2;;;/h6H,3-4H2,1-2H3,(H,8,9)(H,10,11);;;. The number of hydrogen-bond acceptors (Lipinski definition) is 3. The van der Waals surface area contributed by atoms with Crippen LogP contribution in [0.15, 0.2) is 0 Å². The molecule has 2 N–H and O–H groups in total. The highest BCUT2D eigenvalue weighted by Gasteiger charge is 2.16. The fourth-order valence-electron chi connectivity index (χ4n) is 0.738. The lowest BCUT2D eigenvalue weighted by atomic mass is 10.2. The Kier molecular flexibility index (Phi) is 10.3. The number of carboxylic acids is 1. The third-order valence-electron chi connectivity index (χ3n) is 1.29. The van der Waals surface area contributed by atoms with E-state index in [1.54, 1.807) is 11.8 Å². The van der Waals surface area contributed by atoms with Crippen LogP contribution >= 0.6 is 11.8 Å². The van der Waals surface area contributed by atoms with Gasteiger partial charge in [0.1, 0.15) is 6.04 Å². The number of aliphatic carboxylic acids is 1. The lowest BCUT2D eigenvalue weighted by Crippen LogP contribution is -2.39. The first-order chi connectivity index (χ1) is 5.57. The summed E-state index contributed by atoms with van der Waals surface area (Å²) in [6, 6.07) is -0.741. The number of carboxylic acid groups (broad SMARTS) is 1. The van der Waals surface area contributed by atoms with Gasteiger partial charge in [0.25, 0.3) is 0 Å². The van der Waals surface area contributed by atoms with Crippen LogP contribution in [0.25, 0.3) is 0 Å². The SMILES string of the molecule is CSCCC(NC(C)=O)C(=O)O.[MgH2]. The molecule has 0 spiro atoms. The molecule has 0 rings (SSSR count). The second kappa shape index (κ2) is 8.65. The highest BCUT2D eigenvalue weighted by Crippen LogP contribution is 2.00. The Hall–Kier alpha value is 0.0562. The normalized spacial score (nSPS) is 11.2. The molecule has 1 atom stereocenters. The van der Waals surface area contributed by atoms with Gasteiger partial charge in [-0.25, -0.2) is 4.79 Å². The fraction of sp³-hybridized carbons (Fsp3) is 0.714. The molecule has 13 heavy (non-hydrogen) atoms. The van der Waals surface area contributed by atoms with E-state index in [1.165, 1.54) is 6.92 Å². The Balaban J connectivity index is 0. The summed E-state index contributed by atoms with van der Waals surface area (Å²) in [5.41, 5.74) is 0. The van der Waals surface area contributed by atoms with E-state index in [0.717, 1.165) is 5.75 Å². The summed E-state index contributed by atoms with van der Waals surface area (Å²) in [5, 5.41) is 11.0. The molecule has 0 radical (unpaired) electrons. The first-order valence-corrected chi connectivity index (χ1v) is 4.96. The van der Waals surface area contributed by atoms with Gasteiger partial charge in [-0.2, -0.15) is 11.8 Å². The van der Waals surface area contributed by atoms with Gasteiger partial charge >= 0.3 is 29.0 Å². The molecule has 6 heteroatoms. The zero-order valence-corrected chi connectivity index (χ0v) is 7.98. The van der Waals surface area contributed by atoms with Crippen LogP contribution in [-0.2, 0) is 9.59 Å². The number of rotatable bonds is 5. The maximum absolute atomic E-state index is 10.5. The third-order valence-corrected chi connectivity index (χ3v) is 1.93. The molecule has 0 heterocycles. The van der Waals surface area contributed by atoms with E-state index in [4.69, 9.17) is 5.11 Å². The van der Waals surface area contributed by atoms with E-state index in [0.29, 0.717) is 6.42 Å². The minimum atomic E-state index is -0.973. The second-order valence-electron chi connectivity index (χ2n) is 2.37. The molecule has 74 valence electrons. The number of amides is 1. The number of nitrogens with one attached hydrogen (secondary N) is 1. The van der Waals surface area contributed by atoms with Crippen molar-refractivity contribution in [2.45, 2.75) is 19.4 Å². The number of thioether (sulfide) groups is 1. The summed E-state index contributed by atoms with van der Waals surface area (Å²) in [6.07, 6.45) is 2.36. The molecule has 1 unspecified atom stereocenters. The smallest absolute Gasteiger partial charge is 0.326 e. The number of carbonyl (C=O) groups excluding carboxylic acids is 1. The van der Waals surface area contributed by atoms with Crippen molar-refractivity contribution >= 4 is 46.7 Å². The molecule has 4 nitrogen and oxygen atoms in total. The zero-order valence-electron chi connectivity index (χ0n) is 7.16. The summed E-state index contributed by atoms with van der Waals surface area (Å²) in [4.78, 5) is 21.1. The average Bonchev–Trinajstić information content (AvgIpc) is 1.96. The molecule has 1 amide bonds. The zero-order chi connectivity index (χ0) is 9.56. The van der Waals surface area contributed by atoms with E-state index in [1.807, 2.05) is 6.26 Å². The van der Waals surface area contributed by atoms with E-state index in [-0.39, 0.29) is 29.0 Å². The Morgan fingerprint density at radius 3 is 2.38 bits per heavy atom. The van der Waals surface area contributed by atoms with Gasteiger partial charge in [-0.05, 0) is 18.4 Å². The summed E-state index contributed by atoms with van der Waals surface area (Å²) < 4.78 is 0. The van der Waals surface area contributed by atoms with Crippen LogP contribution in [0.4, 0.5) is 0 Å². The molecule has 0 aliphatic rings. The van der Waals surface area contributed by atoms with Crippen LogP contribution in [0.3, 0.4) is 0 Å². The van der Waals surface area contributed by atoms with Gasteiger partial charge < -0.3 is 10.4 Å². The van der Waals surface area contributed by atoms with E-state index >= 15 is 0 Å². The van der Waals surface area contributed by atoms with Gasteiger partial charge in [-0.1, -0.05) is 0 Å². The highest BCUT2D eigenvalue weighted by molar-refractivity contribution is 7.98. The lowest BCUT2D eigenvalue weighted by Gasteiger charge is -2.11. The van der Waals surface area contributed by atoms with Crippen LogP contribution in [0.2, 0.25) is 0 Å². The molecule has 0 aliphatic heterocycles. The van der Waals surface area contributed by atoms with Gasteiger partial charge in [0.2, 0.25) is 5.91 Å². The Labute approximate surface area is 98.0 Å². The second-order valence-corrected chi connectivity index (χ2v) is 3.36. The molecule has 0 aromatic heterocycles. The summed E-state index contributed by atoms with van der Waals surface area (Å²) in [5.74, 6) is -0.542. The predicted molar refractivity (Wildman–Crippen MR) is 56.8 cm³/mol. The predicted octanol–water partition coefficient (Wildman–Crippen LogP) is -0.587. The van der Waals surface area contributed by atoms with Gasteiger partial charge in [-0.15, -0.1) is 0 Å². The van der Waals surface area contributed by atoms with Crippen molar-refractivity contribution in [2.75, 3.05) is 12.0 Å². The maximum atomic E-state index is 10.5. The molecule has 0 saturated heterocycles. The number of carbonyl (C=O) groups is 2. The molecule has 0 aromatic rings. The molecule has 0 bridgehead atoms. The summed E-state index contributed by atoms with van der Waals surface area (Å²) >= 11 is 1.56. The summed E-state index contributed by atoms with van der Waals surface area (Å²) in [7, 11) is 0. The minimum absolute atomic E-state index is 0. The van der Waals surface area contributed by atoms with Gasteiger partial charge in [0.05, 0.1) is 0 Å². The van der Waals surface area contributed by atoms with Crippen LogP contribution in [0.1, 0.15) is 13.3 Å². The van der Waals surface area contributed by atoms with Crippen molar-refractivity contribution < 1.29 is 14.7 Å². The van der Waals surface area contributed by atoms with Crippen molar-refractivity contribution in [1.29, 1.82) is 0 Å². The Morgan fingerprint density at radius 2 is 2.08 bits per heavy atom. The van der Waals surface area contributed by atoms with Crippen LogP contribution in [0.5, 0.6) is 0 Å². The lowest BCUT2D eigenvalue weighted by molar-refractivity contribution is -0.141. The maximum Gasteiger partial charge on any atom is 0.326 e. The van der Waals surface area contributed by atoms with Crippen molar-refractivity contribution in [3.63, 3.8) is 0 Å². The van der Waals surface area contributed by atoms with Crippen LogP contribution < -0.4 is 5.32 Å². The fourth-order valence-corrected chi connectivity index (χ4v) is 1.21. The van der Waals surface area contributed by atoms with Gasteiger partial charge in [0, 0.05) is 6.92 Å². The third kappa shape index (κ3) is 8.39. The molecule has 0 fully saturated rings. The summed E-state index contributed by atoms with van der Waals surface area (Å²) in [6.45, 7) is 1.31. The van der Waals surface area contributed by atoms with E-state index in [9.17, 15) is 9.59 Å². The quantitative estimate of drug-likeness (QED) is 0.605. The molecular weight excluding hydrogens is 202 g/mol. The molecule has 0 aromatic carbocycles. The first-order valence-electron chi connectivity index (χ1n) is 3.56. The molecule has 0 saturated carbocycles. The average molecular weight is 218 g/mol. The van der Waals surface area contributed by atoms with Gasteiger partial charge in [-0.3, -0.25) is 4.79 Å². The van der Waals surface area contributed by atoms with Crippen molar-refractivity contribution in [3.05, 3.63) is 0 Å². The largest absolute Gasteiger partial charge is 0.480 e. The molecule has 0 aliphatic carbocycles. The van der Waals surface area contributed by atoms with Crippen molar-refractivity contribution in [3.8, 4) is 0 Å². The van der Waals surface area contributed by atoms with Crippen LogP contribution in [-0.4, -0.2) is 58.1 Å². The Morgan fingerprint density at radius 1 is 1.54 bits per heavy atom. The first kappa shape index (κ1) is 15.5. The van der Waals surface area contributed by atoms with Gasteiger partial charge in [0.15, 0.2) is 0 Å². The highest BCUT2D eigenvalue weighted by atomic mass is 32.2. The Bertz CT molecular complexity index is 177. The van der Waals surface area contributed by atoms with Crippen molar-refractivity contribution in [1.82, 2.24) is 5.32 Å². The monoisotopic (exact) mass is 217 g/mol. The molecular formula is C7H15MgNO3S. The van der Waals surface area contributed by atoms with E-state index in [2.05, 4.69) is 5.32 Å². The minimum Gasteiger partial charge on any atom is -0.480 e. The van der Waals surface area contributed by atoms with E-state index < -0.39 is 12.0 Å². The number of hydrogen-bond donors (Lipinski definition) is 2.